The molecule has 1 saturated carbocycles. The largest absolute Gasteiger partial charge is 0.480 e. The molecule has 0 aromatic rings. The molecular formula is C9H17NO3. The van der Waals surface area contributed by atoms with E-state index in [1.165, 1.54) is 6.42 Å². The zero-order valence-corrected chi connectivity index (χ0v) is 7.75. The SMILES string of the molecule is O=C(O)CNCC1(O)CCCCC1. The van der Waals surface area contributed by atoms with Gasteiger partial charge in [-0.15, -0.1) is 0 Å². The van der Waals surface area contributed by atoms with Gasteiger partial charge in [0.2, 0.25) is 0 Å². The summed E-state index contributed by atoms with van der Waals surface area (Å²) in [5, 5.41) is 21.1. The maximum atomic E-state index is 10.2. The van der Waals surface area contributed by atoms with E-state index in [9.17, 15) is 9.90 Å². The lowest BCUT2D eigenvalue weighted by Crippen LogP contribution is -2.43. The van der Waals surface area contributed by atoms with E-state index in [-0.39, 0.29) is 6.54 Å². The molecule has 3 N–H and O–H groups in total. The molecule has 0 aromatic carbocycles. The van der Waals surface area contributed by atoms with Crippen LogP contribution in [0.1, 0.15) is 32.1 Å². The molecule has 1 fully saturated rings. The van der Waals surface area contributed by atoms with Gasteiger partial charge < -0.3 is 15.5 Å². The highest BCUT2D eigenvalue weighted by molar-refractivity contribution is 5.68. The molecule has 0 saturated heterocycles. The molecule has 0 unspecified atom stereocenters. The van der Waals surface area contributed by atoms with Crippen LogP contribution in [0.25, 0.3) is 0 Å². The van der Waals surface area contributed by atoms with Gasteiger partial charge in [-0.05, 0) is 12.8 Å². The minimum atomic E-state index is -0.876. The van der Waals surface area contributed by atoms with Crippen LogP contribution in [0.4, 0.5) is 0 Å². The van der Waals surface area contributed by atoms with Crippen LogP contribution in [0.3, 0.4) is 0 Å². The molecule has 76 valence electrons. The lowest BCUT2D eigenvalue weighted by Gasteiger charge is -2.31. The van der Waals surface area contributed by atoms with Gasteiger partial charge in [0.25, 0.3) is 0 Å². The number of carboxylic acid groups (broad SMARTS) is 1. The Morgan fingerprint density at radius 1 is 1.31 bits per heavy atom. The lowest BCUT2D eigenvalue weighted by molar-refractivity contribution is -0.136. The van der Waals surface area contributed by atoms with Gasteiger partial charge >= 0.3 is 5.97 Å². The van der Waals surface area contributed by atoms with Crippen LogP contribution in [0.5, 0.6) is 0 Å². The Labute approximate surface area is 78.0 Å². The fourth-order valence-corrected chi connectivity index (χ4v) is 1.79. The van der Waals surface area contributed by atoms with Crippen molar-refractivity contribution >= 4 is 5.97 Å². The first-order valence-corrected chi connectivity index (χ1v) is 4.77. The molecule has 0 spiro atoms. The molecule has 0 radical (unpaired) electrons. The van der Waals surface area contributed by atoms with Crippen molar-refractivity contribution in [2.45, 2.75) is 37.7 Å². The highest BCUT2D eigenvalue weighted by atomic mass is 16.4. The van der Waals surface area contributed by atoms with E-state index in [1.807, 2.05) is 0 Å². The molecule has 0 atom stereocenters. The quantitative estimate of drug-likeness (QED) is 0.594. The Hall–Kier alpha value is -0.610. The van der Waals surface area contributed by atoms with Crippen molar-refractivity contribution in [3.05, 3.63) is 0 Å². The normalized spacial score (nSPS) is 21.3. The average Bonchev–Trinajstić information content (AvgIpc) is 2.04. The minimum Gasteiger partial charge on any atom is -0.480 e. The predicted octanol–water partition coefficient (Wildman–Crippen LogP) is 0.356. The van der Waals surface area contributed by atoms with Gasteiger partial charge in [-0.3, -0.25) is 4.79 Å². The number of hydrogen-bond donors (Lipinski definition) is 3. The average molecular weight is 187 g/mol. The zero-order valence-electron chi connectivity index (χ0n) is 7.75. The predicted molar refractivity (Wildman–Crippen MR) is 48.5 cm³/mol. The van der Waals surface area contributed by atoms with Gasteiger partial charge in [-0.25, -0.2) is 0 Å². The first-order valence-electron chi connectivity index (χ1n) is 4.77. The molecule has 0 aromatic heterocycles. The van der Waals surface area contributed by atoms with Gasteiger partial charge in [-0.1, -0.05) is 19.3 Å². The number of rotatable bonds is 4. The van der Waals surface area contributed by atoms with Crippen LogP contribution >= 0.6 is 0 Å². The fraction of sp³-hybridized carbons (Fsp3) is 0.889. The van der Waals surface area contributed by atoms with E-state index < -0.39 is 11.6 Å². The second-order valence-electron chi connectivity index (χ2n) is 3.78. The van der Waals surface area contributed by atoms with Crippen molar-refractivity contribution in [3.63, 3.8) is 0 Å². The van der Waals surface area contributed by atoms with Crippen molar-refractivity contribution in [2.75, 3.05) is 13.1 Å². The smallest absolute Gasteiger partial charge is 0.317 e. The Balaban J connectivity index is 2.21. The molecule has 1 rings (SSSR count). The Morgan fingerprint density at radius 2 is 1.92 bits per heavy atom. The summed E-state index contributed by atoms with van der Waals surface area (Å²) >= 11 is 0. The molecule has 1 aliphatic rings. The molecular weight excluding hydrogens is 170 g/mol. The third-order valence-electron chi connectivity index (χ3n) is 2.51. The summed E-state index contributed by atoms with van der Waals surface area (Å²) < 4.78 is 0. The van der Waals surface area contributed by atoms with E-state index in [1.54, 1.807) is 0 Å². The summed E-state index contributed by atoms with van der Waals surface area (Å²) in [7, 11) is 0. The molecule has 0 amide bonds. The summed E-state index contributed by atoms with van der Waals surface area (Å²) in [4.78, 5) is 10.2. The second-order valence-corrected chi connectivity index (χ2v) is 3.78. The highest BCUT2D eigenvalue weighted by Gasteiger charge is 2.28. The Morgan fingerprint density at radius 3 is 2.46 bits per heavy atom. The lowest BCUT2D eigenvalue weighted by atomic mass is 9.85. The van der Waals surface area contributed by atoms with E-state index in [4.69, 9.17) is 5.11 Å². The maximum absolute atomic E-state index is 10.2. The van der Waals surface area contributed by atoms with E-state index >= 15 is 0 Å². The fourth-order valence-electron chi connectivity index (χ4n) is 1.79. The zero-order chi connectivity index (χ0) is 9.73. The van der Waals surface area contributed by atoms with Crippen LogP contribution in [-0.2, 0) is 4.79 Å². The van der Waals surface area contributed by atoms with Gasteiger partial charge in [0.1, 0.15) is 0 Å². The summed E-state index contributed by atoms with van der Waals surface area (Å²) in [5.41, 5.74) is -0.659. The third kappa shape index (κ3) is 3.74. The Kier molecular flexibility index (Phi) is 3.69. The van der Waals surface area contributed by atoms with E-state index in [0.29, 0.717) is 6.54 Å². The molecule has 0 bridgehead atoms. The first-order chi connectivity index (χ1) is 6.12. The topological polar surface area (TPSA) is 69.6 Å². The van der Waals surface area contributed by atoms with Crippen molar-refractivity contribution < 1.29 is 15.0 Å². The summed E-state index contributed by atoms with van der Waals surface area (Å²) in [5.74, 6) is -0.876. The molecule has 4 nitrogen and oxygen atoms in total. The summed E-state index contributed by atoms with van der Waals surface area (Å²) in [6.07, 6.45) is 4.86. The number of carbonyl (C=O) groups is 1. The van der Waals surface area contributed by atoms with Gasteiger partial charge in [-0.2, -0.15) is 0 Å². The van der Waals surface area contributed by atoms with Crippen molar-refractivity contribution in [3.8, 4) is 0 Å². The van der Waals surface area contributed by atoms with E-state index in [2.05, 4.69) is 5.32 Å². The number of nitrogens with one attached hydrogen (secondary N) is 1. The number of hydrogen-bond acceptors (Lipinski definition) is 3. The molecule has 4 heteroatoms. The Bertz CT molecular complexity index is 176. The summed E-state index contributed by atoms with van der Waals surface area (Å²) in [6.45, 7) is 0.335. The van der Waals surface area contributed by atoms with Crippen molar-refractivity contribution in [1.82, 2.24) is 5.32 Å². The standard InChI is InChI=1S/C9H17NO3/c11-8(12)6-10-7-9(13)4-2-1-3-5-9/h10,13H,1-7H2,(H,11,12). The first kappa shape index (κ1) is 10.5. The van der Waals surface area contributed by atoms with Crippen molar-refractivity contribution in [2.24, 2.45) is 0 Å². The monoisotopic (exact) mass is 187 g/mol. The third-order valence-corrected chi connectivity index (χ3v) is 2.51. The maximum Gasteiger partial charge on any atom is 0.317 e. The second kappa shape index (κ2) is 4.58. The minimum absolute atomic E-state index is 0.0672. The highest BCUT2D eigenvalue weighted by Crippen LogP contribution is 2.26. The van der Waals surface area contributed by atoms with E-state index in [0.717, 1.165) is 25.7 Å². The van der Waals surface area contributed by atoms with Crippen LogP contribution in [-0.4, -0.2) is 34.9 Å². The van der Waals surface area contributed by atoms with Crippen LogP contribution in [0.2, 0.25) is 0 Å². The van der Waals surface area contributed by atoms with Gasteiger partial charge in [0.15, 0.2) is 0 Å². The molecule has 1 aliphatic carbocycles. The molecule has 13 heavy (non-hydrogen) atoms. The van der Waals surface area contributed by atoms with Crippen molar-refractivity contribution in [1.29, 1.82) is 0 Å². The van der Waals surface area contributed by atoms with Gasteiger partial charge in [0.05, 0.1) is 12.1 Å². The molecule has 0 heterocycles. The number of aliphatic hydroxyl groups is 1. The number of aliphatic carboxylic acids is 1. The van der Waals surface area contributed by atoms with Gasteiger partial charge in [0, 0.05) is 6.54 Å². The van der Waals surface area contributed by atoms with Crippen LogP contribution < -0.4 is 5.32 Å². The van der Waals surface area contributed by atoms with Crippen LogP contribution in [0.15, 0.2) is 0 Å². The van der Waals surface area contributed by atoms with Crippen LogP contribution in [0, 0.1) is 0 Å². The molecule has 0 aliphatic heterocycles. The summed E-state index contributed by atoms with van der Waals surface area (Å²) in [6, 6.07) is 0. The number of carboxylic acids is 1.